The zero-order valence-electron chi connectivity index (χ0n) is 16.6. The van der Waals surface area contributed by atoms with Crippen molar-refractivity contribution in [3.63, 3.8) is 0 Å². The van der Waals surface area contributed by atoms with Gasteiger partial charge in [0, 0.05) is 18.4 Å². The van der Waals surface area contributed by atoms with Crippen LogP contribution in [0.4, 0.5) is 5.69 Å². The van der Waals surface area contributed by atoms with E-state index < -0.39 is 0 Å². The lowest BCUT2D eigenvalue weighted by Crippen LogP contribution is -2.14. The molecule has 0 aliphatic carbocycles. The number of nitrogens with one attached hydrogen (secondary N) is 1. The number of amides is 1. The number of thioether (sulfide) groups is 1. The third-order valence-corrected chi connectivity index (χ3v) is 5.20. The Morgan fingerprint density at radius 2 is 1.90 bits per heavy atom. The molecule has 0 saturated carbocycles. The molecule has 0 unspecified atom stereocenters. The van der Waals surface area contributed by atoms with Gasteiger partial charge in [0.2, 0.25) is 5.91 Å². The molecule has 0 aliphatic heterocycles. The maximum absolute atomic E-state index is 12.3. The van der Waals surface area contributed by atoms with Crippen molar-refractivity contribution in [3.05, 3.63) is 71.5 Å². The summed E-state index contributed by atoms with van der Waals surface area (Å²) >= 11 is 1.35. The van der Waals surface area contributed by atoms with Gasteiger partial charge in [0.1, 0.15) is 5.75 Å². The third kappa shape index (κ3) is 6.10. The van der Waals surface area contributed by atoms with Gasteiger partial charge in [-0.25, -0.2) is 4.98 Å². The van der Waals surface area contributed by atoms with E-state index in [1.165, 1.54) is 17.3 Å². The molecular weight excluding hydrogens is 386 g/mol. The zero-order chi connectivity index (χ0) is 20.6. The monoisotopic (exact) mass is 411 g/mol. The summed E-state index contributed by atoms with van der Waals surface area (Å²) in [6, 6.07) is 15.6. The molecule has 3 rings (SSSR count). The number of benzene rings is 2. The minimum absolute atomic E-state index is 0.116. The van der Waals surface area contributed by atoms with E-state index in [1.807, 2.05) is 42.0 Å². The van der Waals surface area contributed by atoms with E-state index in [2.05, 4.69) is 41.5 Å². The second-order valence-electron chi connectivity index (χ2n) is 6.58. The molecule has 3 aromatic rings. The van der Waals surface area contributed by atoms with Crippen LogP contribution in [0.5, 0.6) is 5.75 Å². The molecule has 2 N–H and O–H groups in total. The van der Waals surface area contributed by atoms with Crippen molar-refractivity contribution in [1.29, 1.82) is 0 Å². The molecule has 7 heteroatoms. The van der Waals surface area contributed by atoms with Crippen LogP contribution in [0.15, 0.2) is 59.9 Å². The first kappa shape index (κ1) is 21.0. The summed E-state index contributed by atoms with van der Waals surface area (Å²) < 4.78 is 7.37. The van der Waals surface area contributed by atoms with Crippen molar-refractivity contribution in [1.82, 2.24) is 9.55 Å². The minimum atomic E-state index is -0.132. The number of aliphatic hydroxyl groups excluding tert-OH is 1. The Balaban J connectivity index is 1.61. The molecule has 152 valence electrons. The maximum atomic E-state index is 12.3. The van der Waals surface area contributed by atoms with Gasteiger partial charge in [-0.05, 0) is 43.7 Å². The minimum Gasteiger partial charge on any atom is -0.494 e. The van der Waals surface area contributed by atoms with Crippen molar-refractivity contribution >= 4 is 23.4 Å². The van der Waals surface area contributed by atoms with Gasteiger partial charge < -0.3 is 19.7 Å². The summed E-state index contributed by atoms with van der Waals surface area (Å²) in [4.78, 5) is 16.8. The summed E-state index contributed by atoms with van der Waals surface area (Å²) in [6.07, 6.45) is 1.83. The van der Waals surface area contributed by atoms with Crippen LogP contribution in [0.25, 0.3) is 0 Å². The Kier molecular flexibility index (Phi) is 7.32. The standard InChI is InChI=1S/C22H25N3O3S/c1-3-28-20-10-8-18(9-11-20)23-21(27)15-29-22-24-19(14-26)13-25(22)12-17-6-4-16(2)5-7-17/h4-11,13,26H,3,12,14-15H2,1-2H3,(H,23,27). The summed E-state index contributed by atoms with van der Waals surface area (Å²) in [5.74, 6) is 0.882. The van der Waals surface area contributed by atoms with Gasteiger partial charge in [-0.15, -0.1) is 0 Å². The van der Waals surface area contributed by atoms with Crippen LogP contribution in [0.3, 0.4) is 0 Å². The first-order valence-corrected chi connectivity index (χ1v) is 10.4. The largest absolute Gasteiger partial charge is 0.494 e. The first-order chi connectivity index (χ1) is 14.1. The SMILES string of the molecule is CCOc1ccc(NC(=O)CSc2nc(CO)cn2Cc2ccc(C)cc2)cc1. The Bertz CT molecular complexity index is 937. The lowest BCUT2D eigenvalue weighted by atomic mass is 10.1. The van der Waals surface area contributed by atoms with E-state index in [4.69, 9.17) is 4.74 Å². The van der Waals surface area contributed by atoms with Crippen LogP contribution >= 0.6 is 11.8 Å². The fourth-order valence-electron chi connectivity index (χ4n) is 2.77. The summed E-state index contributed by atoms with van der Waals surface area (Å²) in [5.41, 5.74) is 3.65. The molecule has 1 heterocycles. The molecule has 1 aromatic heterocycles. The van der Waals surface area contributed by atoms with E-state index >= 15 is 0 Å². The highest BCUT2D eigenvalue weighted by molar-refractivity contribution is 7.99. The number of anilines is 1. The van der Waals surface area contributed by atoms with E-state index in [-0.39, 0.29) is 18.3 Å². The van der Waals surface area contributed by atoms with Crippen LogP contribution in [-0.4, -0.2) is 32.9 Å². The maximum Gasteiger partial charge on any atom is 0.234 e. The molecule has 0 spiro atoms. The number of nitrogens with zero attached hydrogens (tertiary/aromatic N) is 2. The van der Waals surface area contributed by atoms with Crippen LogP contribution in [0.1, 0.15) is 23.7 Å². The van der Waals surface area contributed by atoms with Gasteiger partial charge in [0.05, 0.1) is 24.7 Å². The Morgan fingerprint density at radius 1 is 1.17 bits per heavy atom. The lowest BCUT2D eigenvalue weighted by molar-refractivity contribution is -0.113. The predicted molar refractivity (Wildman–Crippen MR) is 115 cm³/mol. The molecule has 0 saturated heterocycles. The molecule has 1 amide bonds. The number of imidazole rings is 1. The molecule has 0 bridgehead atoms. The summed E-state index contributed by atoms with van der Waals surface area (Å²) in [6.45, 7) is 5.09. The van der Waals surface area contributed by atoms with Crippen LogP contribution < -0.4 is 10.1 Å². The van der Waals surface area contributed by atoms with Gasteiger partial charge in [-0.1, -0.05) is 41.6 Å². The number of rotatable bonds is 9. The Hall–Kier alpha value is -2.77. The van der Waals surface area contributed by atoms with E-state index in [9.17, 15) is 9.90 Å². The number of ether oxygens (including phenoxy) is 1. The molecule has 0 atom stereocenters. The molecular formula is C22H25N3O3S. The second-order valence-corrected chi connectivity index (χ2v) is 7.52. The van der Waals surface area contributed by atoms with E-state index in [1.54, 1.807) is 0 Å². The second kappa shape index (κ2) is 10.1. The molecule has 29 heavy (non-hydrogen) atoms. The number of carbonyl (C=O) groups is 1. The van der Waals surface area contributed by atoms with Gasteiger partial charge >= 0.3 is 0 Å². The van der Waals surface area contributed by atoms with Crippen LogP contribution in [-0.2, 0) is 17.9 Å². The van der Waals surface area contributed by atoms with E-state index in [0.717, 1.165) is 17.0 Å². The topological polar surface area (TPSA) is 76.4 Å². The van der Waals surface area contributed by atoms with Gasteiger partial charge in [-0.2, -0.15) is 0 Å². The smallest absolute Gasteiger partial charge is 0.234 e. The third-order valence-electron chi connectivity index (χ3n) is 4.21. The summed E-state index contributed by atoms with van der Waals surface area (Å²) in [7, 11) is 0. The number of hydrogen-bond donors (Lipinski definition) is 2. The average molecular weight is 412 g/mol. The van der Waals surface area contributed by atoms with Crippen molar-refractivity contribution in [2.75, 3.05) is 17.7 Å². The highest BCUT2D eigenvalue weighted by atomic mass is 32.2. The number of aliphatic hydroxyl groups is 1. The van der Waals surface area contributed by atoms with Crippen molar-refractivity contribution in [3.8, 4) is 5.75 Å². The fourth-order valence-corrected chi connectivity index (χ4v) is 3.57. The normalized spacial score (nSPS) is 10.7. The van der Waals surface area contributed by atoms with E-state index in [0.29, 0.717) is 24.0 Å². The van der Waals surface area contributed by atoms with Crippen molar-refractivity contribution in [2.45, 2.75) is 32.2 Å². The zero-order valence-corrected chi connectivity index (χ0v) is 17.4. The fraction of sp³-hybridized carbons (Fsp3) is 0.273. The number of hydrogen-bond acceptors (Lipinski definition) is 5. The highest BCUT2D eigenvalue weighted by Gasteiger charge is 2.12. The number of aromatic nitrogens is 2. The lowest BCUT2D eigenvalue weighted by Gasteiger charge is -2.09. The Morgan fingerprint density at radius 3 is 2.55 bits per heavy atom. The van der Waals surface area contributed by atoms with Gasteiger partial charge in [-0.3, -0.25) is 4.79 Å². The molecule has 0 fully saturated rings. The van der Waals surface area contributed by atoms with Crippen LogP contribution in [0.2, 0.25) is 0 Å². The molecule has 2 aromatic carbocycles. The molecule has 0 aliphatic rings. The number of carbonyl (C=O) groups excluding carboxylic acids is 1. The average Bonchev–Trinajstić information content (AvgIpc) is 3.12. The quantitative estimate of drug-likeness (QED) is 0.523. The molecule has 6 nitrogen and oxygen atoms in total. The number of aryl methyl sites for hydroxylation is 1. The summed E-state index contributed by atoms with van der Waals surface area (Å²) in [5, 5.41) is 13.0. The Labute approximate surface area is 174 Å². The first-order valence-electron chi connectivity index (χ1n) is 9.45. The highest BCUT2D eigenvalue weighted by Crippen LogP contribution is 2.21. The van der Waals surface area contributed by atoms with Gasteiger partial charge in [0.15, 0.2) is 5.16 Å². The van der Waals surface area contributed by atoms with Gasteiger partial charge in [0.25, 0.3) is 0 Å². The van der Waals surface area contributed by atoms with Crippen LogP contribution in [0, 0.1) is 6.92 Å². The van der Waals surface area contributed by atoms with Crippen molar-refractivity contribution in [2.24, 2.45) is 0 Å². The van der Waals surface area contributed by atoms with Crippen molar-refractivity contribution < 1.29 is 14.6 Å². The predicted octanol–water partition coefficient (Wildman–Crippen LogP) is 3.86. The molecule has 0 radical (unpaired) electrons.